The predicted molar refractivity (Wildman–Crippen MR) is 176 cm³/mol. The second kappa shape index (κ2) is 17.8. The SMILES string of the molecule is CC(C)(C)c1ccc2c(c1)[cH-]c1cc(C(C)(C)C)ccc12.C[CH-]C.[CH2]=[Hf]([Cl])[Cl].[c-]1ccccc1.c1cc[cH-]c1. The van der Waals surface area contributed by atoms with E-state index >= 15 is 0 Å². The van der Waals surface area contributed by atoms with E-state index in [1.54, 1.807) is 0 Å². The van der Waals surface area contributed by atoms with E-state index in [1.807, 2.05) is 80.9 Å². The molecule has 0 amide bonds. The number of rotatable bonds is 0. The Labute approximate surface area is 252 Å². The number of benzene rings is 3. The van der Waals surface area contributed by atoms with Gasteiger partial charge in [0.05, 0.1) is 0 Å². The smallest absolute Gasteiger partial charge is 0.171 e. The first-order valence-corrected chi connectivity index (χ1v) is 24.7. The molecule has 0 atom stereocenters. The third kappa shape index (κ3) is 13.9. The van der Waals surface area contributed by atoms with Gasteiger partial charge in [0, 0.05) is 0 Å². The Hall–Kier alpha value is -1.80. The molecule has 0 heterocycles. The van der Waals surface area contributed by atoms with Crippen molar-refractivity contribution in [3.63, 3.8) is 0 Å². The summed E-state index contributed by atoms with van der Waals surface area (Å²) in [5.41, 5.74) is 3.21. The summed E-state index contributed by atoms with van der Waals surface area (Å²) in [6.07, 6.45) is 2.00. The molecule has 0 saturated heterocycles. The first-order chi connectivity index (χ1) is 18.3. The fourth-order valence-corrected chi connectivity index (χ4v) is 3.62. The molecule has 5 aromatic rings. The molecular formula is C36H44Cl2Hf-4. The van der Waals surface area contributed by atoms with E-state index in [0.717, 1.165) is 0 Å². The molecule has 0 N–H and O–H groups in total. The van der Waals surface area contributed by atoms with Crippen molar-refractivity contribution in [2.45, 2.75) is 66.2 Å². The molecule has 210 valence electrons. The van der Waals surface area contributed by atoms with Crippen molar-refractivity contribution < 1.29 is 18.6 Å². The molecule has 39 heavy (non-hydrogen) atoms. The zero-order valence-corrected chi connectivity index (χ0v) is 30.0. The number of halogens is 2. The van der Waals surface area contributed by atoms with Gasteiger partial charge < -0.3 is 6.42 Å². The van der Waals surface area contributed by atoms with Crippen LogP contribution in [-0.4, -0.2) is 4.26 Å². The van der Waals surface area contributed by atoms with Crippen molar-refractivity contribution >= 4 is 43.0 Å². The summed E-state index contributed by atoms with van der Waals surface area (Å²) < 4.78 is 3.38. The predicted octanol–water partition coefficient (Wildman–Crippen LogP) is 11.8. The van der Waals surface area contributed by atoms with Gasteiger partial charge in [0.15, 0.2) is 0 Å². The Kier molecular flexibility index (Phi) is 16.1. The van der Waals surface area contributed by atoms with Crippen LogP contribution in [0.25, 0.3) is 21.5 Å². The molecule has 5 rings (SSSR count). The van der Waals surface area contributed by atoms with Crippen molar-refractivity contribution in [3.05, 3.63) is 127 Å². The van der Waals surface area contributed by atoms with Crippen LogP contribution < -0.4 is 0 Å². The van der Waals surface area contributed by atoms with E-state index in [4.69, 9.17) is 17.2 Å². The summed E-state index contributed by atoms with van der Waals surface area (Å²) in [7, 11) is 10.3. The molecule has 0 unspecified atom stereocenters. The van der Waals surface area contributed by atoms with Crippen LogP contribution >= 0.6 is 17.2 Å². The molecule has 3 heteroatoms. The number of hydrogen-bond donors (Lipinski definition) is 0. The van der Waals surface area contributed by atoms with Gasteiger partial charge >= 0.3 is 40.0 Å². The summed E-state index contributed by atoms with van der Waals surface area (Å²) in [6, 6.07) is 38.7. The molecule has 0 nitrogen and oxygen atoms in total. The van der Waals surface area contributed by atoms with E-state index < -0.39 is 18.6 Å². The van der Waals surface area contributed by atoms with Crippen LogP contribution in [0.15, 0.2) is 103 Å². The van der Waals surface area contributed by atoms with Crippen molar-refractivity contribution in [3.8, 4) is 0 Å². The van der Waals surface area contributed by atoms with Crippen molar-refractivity contribution in [2.75, 3.05) is 0 Å². The fourth-order valence-electron chi connectivity index (χ4n) is 3.62. The summed E-state index contributed by atoms with van der Waals surface area (Å²) >= 11 is -1.96. The maximum atomic E-state index is 5.14. The molecule has 0 aliphatic rings. The fraction of sp³-hybridized carbons (Fsp3) is 0.278. The van der Waals surface area contributed by atoms with E-state index in [1.165, 1.54) is 32.7 Å². The Morgan fingerprint density at radius 3 is 1.33 bits per heavy atom. The molecule has 0 radical (unpaired) electrons. The quantitative estimate of drug-likeness (QED) is 0.110. The van der Waals surface area contributed by atoms with Crippen LogP contribution in [0.1, 0.15) is 66.5 Å². The average Bonchev–Trinajstić information content (AvgIpc) is 3.55. The first kappa shape index (κ1) is 35.2. The topological polar surface area (TPSA) is 0 Å². The minimum atomic E-state index is -1.96. The van der Waals surface area contributed by atoms with Gasteiger partial charge in [0.25, 0.3) is 0 Å². The second-order valence-corrected chi connectivity index (χ2v) is 22.7. The zero-order valence-electron chi connectivity index (χ0n) is 24.9. The largest absolute Gasteiger partial charge is 0.214 e. The molecule has 0 bridgehead atoms. The van der Waals surface area contributed by atoms with Gasteiger partial charge in [-0.2, -0.15) is 68.4 Å². The van der Waals surface area contributed by atoms with Crippen LogP contribution in [0.5, 0.6) is 0 Å². The van der Waals surface area contributed by atoms with Gasteiger partial charge in [-0.25, -0.2) is 12.1 Å². The minimum absolute atomic E-state index is 0.203. The number of hydrogen-bond acceptors (Lipinski definition) is 0. The summed E-state index contributed by atoms with van der Waals surface area (Å²) in [6.45, 7) is 17.6. The third-order valence-electron chi connectivity index (χ3n) is 5.60. The molecular weight excluding hydrogens is 682 g/mol. The van der Waals surface area contributed by atoms with Crippen LogP contribution in [-0.2, 0) is 29.4 Å². The molecule has 0 aliphatic heterocycles. The Balaban J connectivity index is 0.000000341. The Morgan fingerprint density at radius 1 is 0.718 bits per heavy atom. The van der Waals surface area contributed by atoms with Crippen LogP contribution in [0.2, 0.25) is 0 Å². The molecule has 0 aliphatic carbocycles. The molecule has 0 fully saturated rings. The average molecular weight is 726 g/mol. The second-order valence-electron chi connectivity index (χ2n) is 11.2. The van der Waals surface area contributed by atoms with Crippen molar-refractivity contribution in [1.29, 1.82) is 0 Å². The van der Waals surface area contributed by atoms with Gasteiger partial charge in [-0.1, -0.05) is 76.9 Å². The molecule has 0 spiro atoms. The van der Waals surface area contributed by atoms with Crippen LogP contribution in [0.3, 0.4) is 0 Å². The summed E-state index contributed by atoms with van der Waals surface area (Å²) in [4.78, 5) is 0. The standard InChI is InChI=1S/C21H25.C6H5.C5H5.C3H7.CH2.2ClH.Hf/c1-20(2,3)16-7-9-18-14(12-16)11-15-13-17(21(4,5)6)8-10-19(15)18;1-2-4-6-5-3-1;1-2-4-5-3-1;1-3-2;;;;/h7-13H,1-6H3;1-5H;1-5H;3H,1-2H3;1H2;2*1H;/q4*-1;;;;+2/p-2. The van der Waals surface area contributed by atoms with E-state index in [9.17, 15) is 0 Å². The molecule has 0 saturated carbocycles. The third-order valence-corrected chi connectivity index (χ3v) is 5.60. The van der Waals surface area contributed by atoms with Crippen molar-refractivity contribution in [2.24, 2.45) is 0 Å². The van der Waals surface area contributed by atoms with Crippen molar-refractivity contribution in [1.82, 2.24) is 0 Å². The monoisotopic (exact) mass is 726 g/mol. The van der Waals surface area contributed by atoms with Crippen LogP contribution in [0, 0.1) is 12.5 Å². The van der Waals surface area contributed by atoms with Gasteiger partial charge in [-0.05, 0) is 10.8 Å². The van der Waals surface area contributed by atoms with E-state index in [0.29, 0.717) is 0 Å². The maximum absolute atomic E-state index is 5.14. The normalized spacial score (nSPS) is 10.5. The Bertz CT molecular complexity index is 1220. The van der Waals surface area contributed by atoms with Gasteiger partial charge in [-0.15, -0.1) is 39.7 Å². The minimum Gasteiger partial charge on any atom is -0.214 e. The van der Waals surface area contributed by atoms with E-state index in [-0.39, 0.29) is 10.8 Å². The van der Waals surface area contributed by atoms with Gasteiger partial charge in [0.2, 0.25) is 0 Å². The summed E-state index contributed by atoms with van der Waals surface area (Å²) in [5.74, 6) is 0. The zero-order chi connectivity index (χ0) is 29.5. The van der Waals surface area contributed by atoms with Gasteiger partial charge in [-0.3, -0.25) is 0 Å². The summed E-state index contributed by atoms with van der Waals surface area (Å²) in [5, 5.41) is 5.48. The molecule has 0 aromatic heterocycles. The number of fused-ring (bicyclic) bond motifs is 3. The molecule has 5 aromatic carbocycles. The maximum Gasteiger partial charge on any atom is -0.171 e. The first-order valence-electron chi connectivity index (χ1n) is 13.3. The van der Waals surface area contributed by atoms with Gasteiger partial charge in [0.1, 0.15) is 0 Å². The van der Waals surface area contributed by atoms with Crippen LogP contribution in [0.4, 0.5) is 0 Å². The van der Waals surface area contributed by atoms with E-state index in [2.05, 4.69) is 94.3 Å². The Morgan fingerprint density at radius 2 is 1.10 bits per heavy atom.